The van der Waals surface area contributed by atoms with E-state index in [0.717, 1.165) is 5.15 Å². The van der Waals surface area contributed by atoms with E-state index in [4.69, 9.17) is 11.6 Å². The molecule has 0 aliphatic heterocycles. The van der Waals surface area contributed by atoms with Gasteiger partial charge < -0.3 is 0 Å². The van der Waals surface area contributed by atoms with Gasteiger partial charge in [0.1, 0.15) is 0 Å². The molecule has 0 N–H and O–H groups in total. The van der Waals surface area contributed by atoms with Gasteiger partial charge in [-0.3, -0.25) is 0 Å². The van der Waals surface area contributed by atoms with Crippen LogP contribution in [0.4, 0.5) is 0 Å². The van der Waals surface area contributed by atoms with Gasteiger partial charge in [-0.15, -0.1) is 0 Å². The van der Waals surface area contributed by atoms with Gasteiger partial charge in [0, 0.05) is 0 Å². The van der Waals surface area contributed by atoms with Gasteiger partial charge in [0.2, 0.25) is 0 Å². The Kier molecular flexibility index (Phi) is 1.76. The Labute approximate surface area is 76.2 Å². The topological polar surface area (TPSA) is 3.88 Å². The molecule has 0 fully saturated rings. The zero-order valence-corrected chi connectivity index (χ0v) is 8.51. The molecule has 0 aliphatic rings. The first-order valence-corrected chi connectivity index (χ1v) is 5.32. The van der Waals surface area contributed by atoms with Gasteiger partial charge in [-0.2, -0.15) is 0 Å². The fraction of sp³-hybridized carbons (Fsp3) is 0.125. The number of benzene rings is 1. The van der Waals surface area contributed by atoms with Crippen molar-refractivity contribution in [3.63, 3.8) is 0 Å². The fourth-order valence-corrected chi connectivity index (χ4v) is 3.38. The Hall–Kier alpha value is -0.301. The van der Waals surface area contributed by atoms with Crippen LogP contribution < -0.4 is 3.56 Å². The Morgan fingerprint density at radius 1 is 1.36 bits per heavy atom. The van der Waals surface area contributed by atoms with E-state index >= 15 is 0 Å². The van der Waals surface area contributed by atoms with Crippen molar-refractivity contribution in [2.24, 2.45) is 7.05 Å². The summed E-state index contributed by atoms with van der Waals surface area (Å²) in [6.07, 6.45) is 0. The normalized spacial score (nSPS) is 10.7. The summed E-state index contributed by atoms with van der Waals surface area (Å²) in [5, 5.41) is 2.09. The van der Waals surface area contributed by atoms with Crippen molar-refractivity contribution in [3.8, 4) is 0 Å². The molecule has 1 heterocycles. The van der Waals surface area contributed by atoms with Crippen molar-refractivity contribution in [1.29, 1.82) is 0 Å². The van der Waals surface area contributed by atoms with E-state index < -0.39 is 0 Å². The SMILES string of the molecule is C[n+]1[se]c2ccccc2c1Cl. The molecular weight excluding hydrogens is 225 g/mol. The van der Waals surface area contributed by atoms with E-state index in [1.807, 2.05) is 13.1 Å². The van der Waals surface area contributed by atoms with Gasteiger partial charge in [-0.1, -0.05) is 0 Å². The van der Waals surface area contributed by atoms with Crippen LogP contribution in [0.1, 0.15) is 0 Å². The third-order valence-corrected chi connectivity index (χ3v) is 4.42. The zero-order chi connectivity index (χ0) is 7.84. The van der Waals surface area contributed by atoms with Crippen molar-refractivity contribution in [2.75, 3.05) is 0 Å². The van der Waals surface area contributed by atoms with Gasteiger partial charge in [-0.25, -0.2) is 0 Å². The van der Waals surface area contributed by atoms with Gasteiger partial charge in [0.05, 0.1) is 0 Å². The number of hydrogen-bond acceptors (Lipinski definition) is 0. The van der Waals surface area contributed by atoms with Crippen molar-refractivity contribution in [2.45, 2.75) is 0 Å². The fourth-order valence-electron chi connectivity index (χ4n) is 1.07. The van der Waals surface area contributed by atoms with E-state index in [2.05, 4.69) is 21.8 Å². The molecule has 3 heteroatoms. The first-order valence-electron chi connectivity index (χ1n) is 3.32. The molecule has 0 saturated heterocycles. The second-order valence-electron chi connectivity index (χ2n) is 2.38. The standard InChI is InChI=1S/C8H7ClNSe/c1-10-8(9)6-4-2-3-5-7(6)11-10/h2-5H,1H3/q+1. The van der Waals surface area contributed by atoms with E-state index in [1.165, 1.54) is 9.65 Å². The van der Waals surface area contributed by atoms with Crippen LogP contribution >= 0.6 is 11.6 Å². The molecule has 0 saturated carbocycles. The Bertz CT molecular complexity index is 394. The Morgan fingerprint density at radius 2 is 2.09 bits per heavy atom. The second kappa shape index (κ2) is 2.63. The number of rotatable bonds is 0. The van der Waals surface area contributed by atoms with Gasteiger partial charge in [0.15, 0.2) is 0 Å². The number of halogens is 1. The molecule has 0 unspecified atom stereocenters. The summed E-state index contributed by atoms with van der Waals surface area (Å²) in [5.41, 5.74) is 0. The first-order chi connectivity index (χ1) is 5.29. The van der Waals surface area contributed by atoms with E-state index in [-0.39, 0.29) is 0 Å². The third-order valence-electron chi connectivity index (χ3n) is 1.62. The van der Waals surface area contributed by atoms with Crippen LogP contribution in [0.3, 0.4) is 0 Å². The predicted octanol–water partition coefficient (Wildman–Crippen LogP) is 1.37. The van der Waals surface area contributed by atoms with Crippen LogP contribution in [0.2, 0.25) is 5.15 Å². The molecule has 1 aromatic carbocycles. The van der Waals surface area contributed by atoms with Crippen molar-refractivity contribution in [3.05, 3.63) is 29.4 Å². The number of hydrogen-bond donors (Lipinski definition) is 0. The van der Waals surface area contributed by atoms with E-state index in [1.54, 1.807) is 0 Å². The average molecular weight is 232 g/mol. The van der Waals surface area contributed by atoms with Crippen LogP contribution in [0.15, 0.2) is 24.3 Å². The monoisotopic (exact) mass is 232 g/mol. The summed E-state index contributed by atoms with van der Waals surface area (Å²) in [5.74, 6) is 0. The Balaban J connectivity index is 2.92. The zero-order valence-electron chi connectivity index (χ0n) is 6.04. The quantitative estimate of drug-likeness (QED) is 0.603. The summed E-state index contributed by atoms with van der Waals surface area (Å²) in [4.78, 5) is 0. The van der Waals surface area contributed by atoms with Crippen LogP contribution in [-0.4, -0.2) is 14.7 Å². The van der Waals surface area contributed by atoms with E-state index in [0.29, 0.717) is 14.7 Å². The van der Waals surface area contributed by atoms with Gasteiger partial charge in [0.25, 0.3) is 0 Å². The van der Waals surface area contributed by atoms with Crippen molar-refractivity contribution >= 4 is 36.0 Å². The molecule has 11 heavy (non-hydrogen) atoms. The van der Waals surface area contributed by atoms with Crippen LogP contribution in [0.25, 0.3) is 9.65 Å². The minimum atomic E-state index is 0.397. The van der Waals surface area contributed by atoms with Gasteiger partial charge >= 0.3 is 76.0 Å². The molecule has 0 radical (unpaired) electrons. The summed E-state index contributed by atoms with van der Waals surface area (Å²) in [6, 6.07) is 8.30. The summed E-state index contributed by atoms with van der Waals surface area (Å²) < 4.78 is 3.49. The molecule has 0 atom stereocenters. The van der Waals surface area contributed by atoms with Crippen LogP contribution in [0, 0.1) is 0 Å². The number of aromatic nitrogens is 1. The molecular formula is C8H7ClNSe+. The maximum atomic E-state index is 6.05. The molecule has 0 spiro atoms. The van der Waals surface area contributed by atoms with E-state index in [9.17, 15) is 0 Å². The number of nitrogens with zero attached hydrogens (tertiary/aromatic N) is 1. The third kappa shape index (κ3) is 1.12. The summed E-state index contributed by atoms with van der Waals surface area (Å²) in [6.45, 7) is 0. The molecule has 1 aromatic heterocycles. The molecule has 0 aliphatic carbocycles. The molecule has 2 rings (SSSR count). The summed E-state index contributed by atoms with van der Waals surface area (Å²) in [7, 11) is 2.03. The molecule has 1 nitrogen and oxygen atoms in total. The summed E-state index contributed by atoms with van der Waals surface area (Å²) >= 11 is 6.45. The predicted molar refractivity (Wildman–Crippen MR) is 47.1 cm³/mol. The Morgan fingerprint density at radius 3 is 2.82 bits per heavy atom. The maximum absolute atomic E-state index is 6.05. The first kappa shape index (κ1) is 7.35. The molecule has 0 amide bonds. The van der Waals surface area contributed by atoms with Gasteiger partial charge in [-0.05, 0) is 0 Å². The van der Waals surface area contributed by atoms with Crippen molar-refractivity contribution in [1.82, 2.24) is 0 Å². The molecule has 2 aromatic rings. The molecule has 56 valence electrons. The average Bonchev–Trinajstić information content (AvgIpc) is 2.30. The second-order valence-corrected chi connectivity index (χ2v) is 5.19. The van der Waals surface area contributed by atoms with Crippen LogP contribution in [0.5, 0.6) is 0 Å². The number of fused-ring (bicyclic) bond motifs is 1. The van der Waals surface area contributed by atoms with Crippen molar-refractivity contribution < 1.29 is 3.56 Å². The minimum absolute atomic E-state index is 0.397. The molecule has 0 bridgehead atoms. The van der Waals surface area contributed by atoms with Crippen LogP contribution in [-0.2, 0) is 7.05 Å². The number of aryl methyl sites for hydroxylation is 1.